The van der Waals surface area contributed by atoms with Crippen LogP contribution < -0.4 is 4.74 Å². The van der Waals surface area contributed by atoms with Crippen molar-refractivity contribution in [3.05, 3.63) is 33.9 Å². The first-order valence-corrected chi connectivity index (χ1v) is 6.07. The normalized spacial score (nSPS) is 21.9. The number of nitro benzene ring substituents is 1. The lowest BCUT2D eigenvalue weighted by Gasteiger charge is -2.12. The molecule has 0 amide bonds. The zero-order chi connectivity index (χ0) is 13.8. The molecule has 0 N–H and O–H groups in total. The van der Waals surface area contributed by atoms with E-state index in [2.05, 4.69) is 0 Å². The van der Waals surface area contributed by atoms with Crippen LogP contribution in [0, 0.1) is 21.4 Å². The second kappa shape index (κ2) is 5.67. The van der Waals surface area contributed by atoms with E-state index in [1.165, 1.54) is 18.2 Å². The summed E-state index contributed by atoms with van der Waals surface area (Å²) in [6.45, 7) is 2.28. The van der Waals surface area contributed by atoms with Crippen LogP contribution in [0.3, 0.4) is 0 Å². The Morgan fingerprint density at radius 2 is 2.37 bits per heavy atom. The van der Waals surface area contributed by atoms with Crippen LogP contribution in [0.2, 0.25) is 0 Å². The Morgan fingerprint density at radius 1 is 1.58 bits per heavy atom. The molecule has 0 aliphatic carbocycles. The van der Waals surface area contributed by atoms with Gasteiger partial charge in [-0.1, -0.05) is 0 Å². The Morgan fingerprint density at radius 3 is 2.95 bits per heavy atom. The predicted octanol–water partition coefficient (Wildman–Crippen LogP) is 2.41. The molecule has 1 aliphatic rings. The van der Waals surface area contributed by atoms with Gasteiger partial charge in [-0.25, -0.2) is 0 Å². The van der Waals surface area contributed by atoms with Gasteiger partial charge in [0.1, 0.15) is 6.61 Å². The van der Waals surface area contributed by atoms with Gasteiger partial charge in [-0.05, 0) is 31.9 Å². The van der Waals surface area contributed by atoms with Crippen molar-refractivity contribution in [2.75, 3.05) is 6.61 Å². The minimum atomic E-state index is -0.547. The molecule has 0 radical (unpaired) electrons. The molecule has 0 bridgehead atoms. The van der Waals surface area contributed by atoms with E-state index < -0.39 is 4.92 Å². The number of nitrogens with zero attached hydrogens (tertiary/aromatic N) is 2. The number of benzene rings is 1. The van der Waals surface area contributed by atoms with Gasteiger partial charge in [-0.15, -0.1) is 0 Å². The van der Waals surface area contributed by atoms with E-state index in [1.54, 1.807) is 0 Å². The molecule has 0 aromatic heterocycles. The van der Waals surface area contributed by atoms with E-state index in [0.717, 1.165) is 12.8 Å². The minimum Gasteiger partial charge on any atom is -0.484 e. The van der Waals surface area contributed by atoms with Gasteiger partial charge in [0.25, 0.3) is 0 Å². The van der Waals surface area contributed by atoms with Gasteiger partial charge >= 0.3 is 5.69 Å². The number of nitro groups is 1. The van der Waals surface area contributed by atoms with Crippen LogP contribution >= 0.6 is 0 Å². The van der Waals surface area contributed by atoms with Crippen molar-refractivity contribution in [1.29, 1.82) is 5.26 Å². The minimum absolute atomic E-state index is 0.0229. The third-order valence-corrected chi connectivity index (χ3v) is 3.03. The van der Waals surface area contributed by atoms with Crippen molar-refractivity contribution in [2.24, 2.45) is 0 Å². The molecular weight excluding hydrogens is 248 g/mol. The highest BCUT2D eigenvalue weighted by molar-refractivity contribution is 5.51. The van der Waals surface area contributed by atoms with Gasteiger partial charge in [-0.2, -0.15) is 5.26 Å². The summed E-state index contributed by atoms with van der Waals surface area (Å²) in [5.74, 6) is 0.173. The molecule has 19 heavy (non-hydrogen) atoms. The Hall–Kier alpha value is -2.13. The zero-order valence-corrected chi connectivity index (χ0v) is 10.5. The van der Waals surface area contributed by atoms with Gasteiger partial charge in [0, 0.05) is 6.07 Å². The van der Waals surface area contributed by atoms with Crippen molar-refractivity contribution in [2.45, 2.75) is 32.0 Å². The second-order valence-electron chi connectivity index (χ2n) is 4.51. The van der Waals surface area contributed by atoms with Gasteiger partial charge < -0.3 is 9.47 Å². The maximum atomic E-state index is 10.9. The van der Waals surface area contributed by atoms with Crippen LogP contribution in [-0.2, 0) is 4.74 Å². The van der Waals surface area contributed by atoms with Gasteiger partial charge in [0.15, 0.2) is 5.75 Å². The van der Waals surface area contributed by atoms with Crippen molar-refractivity contribution < 1.29 is 14.4 Å². The molecule has 1 heterocycles. The summed E-state index contributed by atoms with van der Waals surface area (Å²) >= 11 is 0. The lowest BCUT2D eigenvalue weighted by molar-refractivity contribution is -0.385. The van der Waals surface area contributed by atoms with E-state index >= 15 is 0 Å². The topological polar surface area (TPSA) is 85.4 Å². The zero-order valence-electron chi connectivity index (χ0n) is 10.5. The summed E-state index contributed by atoms with van der Waals surface area (Å²) in [6.07, 6.45) is 2.06. The first-order chi connectivity index (χ1) is 9.10. The Kier molecular flexibility index (Phi) is 3.97. The quantitative estimate of drug-likeness (QED) is 0.614. The first kappa shape index (κ1) is 13.3. The lowest BCUT2D eigenvalue weighted by Crippen LogP contribution is -2.18. The highest BCUT2D eigenvalue weighted by Crippen LogP contribution is 2.29. The molecule has 6 nitrogen and oxygen atoms in total. The fraction of sp³-hybridized carbons (Fsp3) is 0.462. The molecule has 2 atom stereocenters. The van der Waals surface area contributed by atoms with Gasteiger partial charge in [0.05, 0.1) is 28.8 Å². The average molecular weight is 262 g/mol. The van der Waals surface area contributed by atoms with E-state index in [0.29, 0.717) is 0 Å². The summed E-state index contributed by atoms with van der Waals surface area (Å²) < 4.78 is 11.0. The molecule has 2 unspecified atom stereocenters. The number of ether oxygens (including phenoxy) is 2. The number of rotatable bonds is 4. The van der Waals surface area contributed by atoms with Crippen LogP contribution in [0.5, 0.6) is 5.75 Å². The fourth-order valence-corrected chi connectivity index (χ4v) is 2.04. The van der Waals surface area contributed by atoms with Gasteiger partial charge in [-0.3, -0.25) is 10.1 Å². The lowest BCUT2D eigenvalue weighted by atomic mass is 10.2. The Bertz CT molecular complexity index is 524. The third-order valence-electron chi connectivity index (χ3n) is 3.03. The molecule has 0 spiro atoms. The second-order valence-corrected chi connectivity index (χ2v) is 4.51. The first-order valence-electron chi connectivity index (χ1n) is 6.07. The SMILES string of the molecule is CC1CCC(COc2ccc(C#N)cc2[N+](=O)[O-])O1. The summed E-state index contributed by atoms with van der Waals surface area (Å²) in [7, 11) is 0. The predicted molar refractivity (Wildman–Crippen MR) is 66.9 cm³/mol. The molecule has 1 aromatic carbocycles. The van der Waals surface area contributed by atoms with Crippen LogP contribution in [0.25, 0.3) is 0 Å². The molecule has 1 fully saturated rings. The van der Waals surface area contributed by atoms with Crippen molar-refractivity contribution in [3.8, 4) is 11.8 Å². The summed E-state index contributed by atoms with van der Waals surface area (Å²) in [5.41, 5.74) is 0.0508. The van der Waals surface area contributed by atoms with Gasteiger partial charge in [0.2, 0.25) is 0 Å². The molecule has 1 aliphatic heterocycles. The van der Waals surface area contributed by atoms with Crippen molar-refractivity contribution >= 4 is 5.69 Å². The van der Waals surface area contributed by atoms with E-state index in [9.17, 15) is 10.1 Å². The number of nitriles is 1. The maximum Gasteiger partial charge on any atom is 0.312 e. The number of hydrogen-bond donors (Lipinski definition) is 0. The van der Waals surface area contributed by atoms with Crippen LogP contribution in [0.15, 0.2) is 18.2 Å². The highest BCUT2D eigenvalue weighted by atomic mass is 16.6. The molecular formula is C13H14N2O4. The summed E-state index contributed by atoms with van der Waals surface area (Å²) in [6, 6.07) is 6.04. The molecule has 1 aromatic rings. The molecule has 0 saturated carbocycles. The van der Waals surface area contributed by atoms with Crippen LogP contribution in [0.4, 0.5) is 5.69 Å². The Labute approximate surface area is 110 Å². The molecule has 1 saturated heterocycles. The highest BCUT2D eigenvalue weighted by Gasteiger charge is 2.24. The van der Waals surface area contributed by atoms with E-state index in [4.69, 9.17) is 14.7 Å². The Balaban J connectivity index is 2.07. The van der Waals surface area contributed by atoms with Crippen LogP contribution in [0.1, 0.15) is 25.3 Å². The molecule has 2 rings (SSSR count). The van der Waals surface area contributed by atoms with Crippen molar-refractivity contribution in [1.82, 2.24) is 0 Å². The number of hydrogen-bond acceptors (Lipinski definition) is 5. The molecule has 100 valence electrons. The standard InChI is InChI=1S/C13H14N2O4/c1-9-2-4-11(19-9)8-18-13-5-3-10(7-14)6-12(13)15(16)17/h3,5-6,9,11H,2,4,8H2,1H3. The summed E-state index contributed by atoms with van der Waals surface area (Å²) in [4.78, 5) is 10.4. The van der Waals surface area contributed by atoms with Crippen molar-refractivity contribution in [3.63, 3.8) is 0 Å². The average Bonchev–Trinajstić information content (AvgIpc) is 2.82. The molecule has 6 heteroatoms. The smallest absolute Gasteiger partial charge is 0.312 e. The largest absolute Gasteiger partial charge is 0.484 e. The van der Waals surface area contributed by atoms with E-state index in [1.807, 2.05) is 13.0 Å². The van der Waals surface area contributed by atoms with Crippen LogP contribution in [-0.4, -0.2) is 23.7 Å². The monoisotopic (exact) mass is 262 g/mol. The van der Waals surface area contributed by atoms with E-state index in [-0.39, 0.29) is 35.8 Å². The third kappa shape index (κ3) is 3.20. The fourth-order valence-electron chi connectivity index (χ4n) is 2.04. The maximum absolute atomic E-state index is 10.9. The summed E-state index contributed by atoms with van der Waals surface area (Å²) in [5, 5.41) is 19.7.